The maximum atomic E-state index is 6.36. The number of benzene rings is 1. The third-order valence-electron chi connectivity index (χ3n) is 4.23. The van der Waals surface area contributed by atoms with E-state index in [2.05, 4.69) is 37.3 Å². The molecule has 94 valence electrons. The lowest BCUT2D eigenvalue weighted by Gasteiger charge is -2.28. The molecular formula is C16H25N. The predicted octanol–water partition coefficient (Wildman–Crippen LogP) is 4.29. The summed E-state index contributed by atoms with van der Waals surface area (Å²) in [6.45, 7) is 2.31. The zero-order valence-corrected chi connectivity index (χ0v) is 10.9. The van der Waals surface area contributed by atoms with Crippen LogP contribution < -0.4 is 5.73 Å². The molecular weight excluding hydrogens is 206 g/mol. The molecule has 0 aliphatic heterocycles. The molecule has 0 saturated heterocycles. The van der Waals surface area contributed by atoms with Crippen molar-refractivity contribution in [2.75, 3.05) is 0 Å². The Labute approximate surface area is 105 Å². The van der Waals surface area contributed by atoms with Gasteiger partial charge in [-0.2, -0.15) is 0 Å². The summed E-state index contributed by atoms with van der Waals surface area (Å²) in [7, 11) is 0. The highest BCUT2D eigenvalue weighted by Gasteiger charge is 2.21. The number of hydrogen-bond donors (Lipinski definition) is 1. The zero-order chi connectivity index (χ0) is 12.1. The summed E-state index contributed by atoms with van der Waals surface area (Å²) < 4.78 is 0. The molecule has 0 radical (unpaired) electrons. The van der Waals surface area contributed by atoms with Gasteiger partial charge in [0.25, 0.3) is 0 Å². The molecule has 1 aromatic carbocycles. The lowest BCUT2D eigenvalue weighted by molar-refractivity contribution is 0.276. The van der Waals surface area contributed by atoms with E-state index in [9.17, 15) is 0 Å². The van der Waals surface area contributed by atoms with Crippen LogP contribution in [0.5, 0.6) is 0 Å². The minimum atomic E-state index is 0.207. The highest BCUT2D eigenvalue weighted by Crippen LogP contribution is 2.32. The molecule has 2 atom stereocenters. The van der Waals surface area contributed by atoms with E-state index in [1.165, 1.54) is 44.1 Å². The van der Waals surface area contributed by atoms with Crippen molar-refractivity contribution in [2.45, 2.75) is 51.5 Å². The Hall–Kier alpha value is -0.820. The second kappa shape index (κ2) is 6.20. The van der Waals surface area contributed by atoms with Gasteiger partial charge in [0.1, 0.15) is 0 Å². The van der Waals surface area contributed by atoms with E-state index >= 15 is 0 Å². The van der Waals surface area contributed by atoms with Crippen molar-refractivity contribution in [3.05, 3.63) is 35.9 Å². The lowest BCUT2D eigenvalue weighted by Crippen LogP contribution is -2.22. The summed E-state index contributed by atoms with van der Waals surface area (Å²) in [5, 5.41) is 0. The maximum Gasteiger partial charge on any atom is 0.0320 e. The molecule has 0 aromatic heterocycles. The molecule has 1 saturated carbocycles. The Bertz CT molecular complexity index is 314. The minimum absolute atomic E-state index is 0.207. The van der Waals surface area contributed by atoms with Gasteiger partial charge in [-0.05, 0) is 23.8 Å². The van der Waals surface area contributed by atoms with Crippen molar-refractivity contribution in [1.82, 2.24) is 0 Å². The predicted molar refractivity (Wildman–Crippen MR) is 73.7 cm³/mol. The third kappa shape index (κ3) is 3.57. The molecule has 1 nitrogen and oxygen atoms in total. The van der Waals surface area contributed by atoms with Gasteiger partial charge < -0.3 is 5.73 Å². The highest BCUT2D eigenvalue weighted by atomic mass is 14.6. The molecule has 1 fully saturated rings. The first-order valence-electron chi connectivity index (χ1n) is 7.08. The van der Waals surface area contributed by atoms with Crippen LogP contribution in [-0.2, 0) is 0 Å². The van der Waals surface area contributed by atoms with Crippen LogP contribution in [0.4, 0.5) is 0 Å². The van der Waals surface area contributed by atoms with Crippen molar-refractivity contribution >= 4 is 0 Å². The van der Waals surface area contributed by atoms with E-state index in [4.69, 9.17) is 5.73 Å². The molecule has 0 heterocycles. The first kappa shape index (κ1) is 12.6. The molecule has 0 spiro atoms. The normalized spacial score (nSPS) is 21.1. The maximum absolute atomic E-state index is 6.36. The number of hydrogen-bond acceptors (Lipinski definition) is 1. The fourth-order valence-electron chi connectivity index (χ4n) is 3.10. The van der Waals surface area contributed by atoms with Gasteiger partial charge >= 0.3 is 0 Å². The summed E-state index contributed by atoms with van der Waals surface area (Å²) in [6.07, 6.45) is 8.44. The van der Waals surface area contributed by atoms with Crippen molar-refractivity contribution in [3.8, 4) is 0 Å². The van der Waals surface area contributed by atoms with Crippen LogP contribution in [0.2, 0.25) is 0 Å². The molecule has 2 N–H and O–H groups in total. The lowest BCUT2D eigenvalue weighted by atomic mass is 9.80. The standard InChI is InChI=1S/C16H25N/c1-13(12-14-8-4-2-5-9-14)16(17)15-10-6-3-7-11-15/h3,6-7,10-11,13-14,16H,2,4-5,8-9,12,17H2,1H3. The fourth-order valence-corrected chi connectivity index (χ4v) is 3.10. The van der Waals surface area contributed by atoms with Crippen molar-refractivity contribution in [1.29, 1.82) is 0 Å². The first-order valence-corrected chi connectivity index (χ1v) is 7.08. The highest BCUT2D eigenvalue weighted by molar-refractivity contribution is 5.18. The molecule has 17 heavy (non-hydrogen) atoms. The summed E-state index contributed by atoms with van der Waals surface area (Å²) in [5.74, 6) is 1.52. The zero-order valence-electron chi connectivity index (χ0n) is 10.9. The molecule has 1 aliphatic carbocycles. The van der Waals surface area contributed by atoms with Gasteiger partial charge in [-0.15, -0.1) is 0 Å². The Morgan fingerprint density at radius 2 is 1.76 bits per heavy atom. The van der Waals surface area contributed by atoms with Gasteiger partial charge in [0.2, 0.25) is 0 Å². The fraction of sp³-hybridized carbons (Fsp3) is 0.625. The van der Waals surface area contributed by atoms with Gasteiger partial charge in [-0.1, -0.05) is 69.4 Å². The Kier molecular flexibility index (Phi) is 4.61. The van der Waals surface area contributed by atoms with E-state index in [1.807, 2.05) is 0 Å². The summed E-state index contributed by atoms with van der Waals surface area (Å²) in [6, 6.07) is 10.7. The number of rotatable bonds is 4. The second-order valence-electron chi connectivity index (χ2n) is 5.65. The summed E-state index contributed by atoms with van der Waals surface area (Å²) >= 11 is 0. The topological polar surface area (TPSA) is 26.0 Å². The summed E-state index contributed by atoms with van der Waals surface area (Å²) in [5.41, 5.74) is 7.64. The molecule has 1 aliphatic rings. The van der Waals surface area contributed by atoms with Gasteiger partial charge in [-0.3, -0.25) is 0 Å². The monoisotopic (exact) mass is 231 g/mol. The SMILES string of the molecule is CC(CC1CCCCC1)C(N)c1ccccc1. The Morgan fingerprint density at radius 1 is 1.12 bits per heavy atom. The van der Waals surface area contributed by atoms with Crippen LogP contribution in [0, 0.1) is 11.8 Å². The third-order valence-corrected chi connectivity index (χ3v) is 4.23. The molecule has 0 bridgehead atoms. The molecule has 1 aromatic rings. The van der Waals surface area contributed by atoms with Crippen LogP contribution in [-0.4, -0.2) is 0 Å². The first-order chi connectivity index (χ1) is 8.27. The van der Waals surface area contributed by atoms with Crippen LogP contribution >= 0.6 is 0 Å². The number of nitrogens with two attached hydrogens (primary N) is 1. The van der Waals surface area contributed by atoms with E-state index < -0.39 is 0 Å². The van der Waals surface area contributed by atoms with Crippen LogP contribution in [0.15, 0.2) is 30.3 Å². The minimum Gasteiger partial charge on any atom is -0.324 e. The van der Waals surface area contributed by atoms with E-state index in [0.717, 1.165) is 5.92 Å². The smallest absolute Gasteiger partial charge is 0.0320 e. The molecule has 2 rings (SSSR count). The quantitative estimate of drug-likeness (QED) is 0.821. The molecule has 1 heteroatoms. The van der Waals surface area contributed by atoms with Gasteiger partial charge in [0.15, 0.2) is 0 Å². The van der Waals surface area contributed by atoms with Gasteiger partial charge in [-0.25, -0.2) is 0 Å². The Balaban J connectivity index is 1.88. The average molecular weight is 231 g/mol. The van der Waals surface area contributed by atoms with Crippen molar-refractivity contribution < 1.29 is 0 Å². The second-order valence-corrected chi connectivity index (χ2v) is 5.65. The van der Waals surface area contributed by atoms with Crippen molar-refractivity contribution in [2.24, 2.45) is 17.6 Å². The Morgan fingerprint density at radius 3 is 2.41 bits per heavy atom. The van der Waals surface area contributed by atoms with Crippen LogP contribution in [0.25, 0.3) is 0 Å². The van der Waals surface area contributed by atoms with E-state index in [0.29, 0.717) is 5.92 Å². The average Bonchev–Trinajstić information content (AvgIpc) is 2.40. The van der Waals surface area contributed by atoms with E-state index in [1.54, 1.807) is 0 Å². The van der Waals surface area contributed by atoms with Crippen molar-refractivity contribution in [3.63, 3.8) is 0 Å². The molecule has 0 amide bonds. The molecule has 2 unspecified atom stereocenters. The van der Waals surface area contributed by atoms with Gasteiger partial charge in [0, 0.05) is 6.04 Å². The van der Waals surface area contributed by atoms with Gasteiger partial charge in [0.05, 0.1) is 0 Å². The largest absolute Gasteiger partial charge is 0.324 e. The summed E-state index contributed by atoms with van der Waals surface area (Å²) in [4.78, 5) is 0. The van der Waals surface area contributed by atoms with Crippen LogP contribution in [0.3, 0.4) is 0 Å². The van der Waals surface area contributed by atoms with E-state index in [-0.39, 0.29) is 6.04 Å². The van der Waals surface area contributed by atoms with Crippen LogP contribution in [0.1, 0.15) is 57.1 Å².